The number of thioether (sulfide) groups is 1. The molecule has 1 saturated carbocycles. The molecule has 2 atom stereocenters. The quantitative estimate of drug-likeness (QED) is 0.812. The maximum absolute atomic E-state index is 3.50. The molecular formula is C15H23NS. The van der Waals surface area contributed by atoms with Gasteiger partial charge in [0.1, 0.15) is 0 Å². The molecule has 0 spiro atoms. The molecule has 1 aromatic carbocycles. The van der Waals surface area contributed by atoms with Crippen LogP contribution in [0.2, 0.25) is 0 Å². The first-order chi connectivity index (χ1) is 8.29. The van der Waals surface area contributed by atoms with Crippen molar-refractivity contribution in [1.29, 1.82) is 0 Å². The lowest BCUT2D eigenvalue weighted by molar-refractivity contribution is 0.510. The molecule has 0 amide bonds. The van der Waals surface area contributed by atoms with Crippen molar-refractivity contribution >= 4 is 11.8 Å². The first-order valence-electron chi connectivity index (χ1n) is 6.70. The summed E-state index contributed by atoms with van der Waals surface area (Å²) in [5, 5.41) is 4.25. The molecule has 0 radical (unpaired) electrons. The molecule has 2 unspecified atom stereocenters. The van der Waals surface area contributed by atoms with Gasteiger partial charge < -0.3 is 5.32 Å². The lowest BCUT2D eigenvalue weighted by atomic mass is 10.1. The summed E-state index contributed by atoms with van der Waals surface area (Å²) in [4.78, 5) is 1.42. The Balaban J connectivity index is 2.01. The number of hydrogen-bond acceptors (Lipinski definition) is 2. The molecule has 1 N–H and O–H groups in total. The molecule has 1 aromatic rings. The van der Waals surface area contributed by atoms with E-state index in [1.165, 1.54) is 42.6 Å². The van der Waals surface area contributed by atoms with E-state index in [-0.39, 0.29) is 0 Å². The highest BCUT2D eigenvalue weighted by atomic mass is 32.2. The average molecular weight is 249 g/mol. The summed E-state index contributed by atoms with van der Waals surface area (Å²) in [5.74, 6) is 0. The van der Waals surface area contributed by atoms with Crippen molar-refractivity contribution in [3.8, 4) is 0 Å². The summed E-state index contributed by atoms with van der Waals surface area (Å²) in [5.41, 5.74) is 1.35. The Kier molecular flexibility index (Phi) is 4.93. The summed E-state index contributed by atoms with van der Waals surface area (Å²) in [6, 6.07) is 9.64. The van der Waals surface area contributed by atoms with Crippen LogP contribution in [0, 0.1) is 6.92 Å². The highest BCUT2D eigenvalue weighted by Gasteiger charge is 2.22. The molecule has 0 bridgehead atoms. The maximum atomic E-state index is 3.50. The summed E-state index contributed by atoms with van der Waals surface area (Å²) in [7, 11) is 2.11. The maximum Gasteiger partial charge on any atom is 0.0248 e. The Bertz CT molecular complexity index is 333. The van der Waals surface area contributed by atoms with Gasteiger partial charge in [-0.05, 0) is 38.9 Å². The van der Waals surface area contributed by atoms with Crippen LogP contribution in [-0.4, -0.2) is 18.3 Å². The van der Waals surface area contributed by atoms with E-state index in [9.17, 15) is 0 Å². The zero-order chi connectivity index (χ0) is 12.1. The van der Waals surface area contributed by atoms with Crippen molar-refractivity contribution in [2.75, 3.05) is 7.05 Å². The first kappa shape index (κ1) is 13.0. The number of aryl methyl sites for hydroxylation is 1. The van der Waals surface area contributed by atoms with Gasteiger partial charge >= 0.3 is 0 Å². The number of hydrogen-bond donors (Lipinski definition) is 1. The van der Waals surface area contributed by atoms with E-state index in [0.717, 1.165) is 5.25 Å². The Morgan fingerprint density at radius 1 is 1.06 bits per heavy atom. The first-order valence-corrected chi connectivity index (χ1v) is 7.58. The van der Waals surface area contributed by atoms with Crippen molar-refractivity contribution in [3.05, 3.63) is 29.8 Å². The van der Waals surface area contributed by atoms with Crippen molar-refractivity contribution in [1.82, 2.24) is 5.32 Å². The molecule has 2 rings (SSSR count). The second kappa shape index (κ2) is 6.46. The molecule has 94 valence electrons. The number of nitrogens with one attached hydrogen (secondary N) is 1. The smallest absolute Gasteiger partial charge is 0.0248 e. The van der Waals surface area contributed by atoms with Gasteiger partial charge in [-0.2, -0.15) is 0 Å². The highest BCUT2D eigenvalue weighted by Crippen LogP contribution is 2.33. The fraction of sp³-hybridized carbons (Fsp3) is 0.600. The van der Waals surface area contributed by atoms with E-state index in [0.29, 0.717) is 6.04 Å². The van der Waals surface area contributed by atoms with E-state index in [1.807, 2.05) is 0 Å². The van der Waals surface area contributed by atoms with Crippen LogP contribution < -0.4 is 5.32 Å². The topological polar surface area (TPSA) is 12.0 Å². The summed E-state index contributed by atoms with van der Waals surface area (Å²) in [6.07, 6.45) is 6.87. The molecule has 0 aliphatic heterocycles. The van der Waals surface area contributed by atoms with Gasteiger partial charge in [-0.1, -0.05) is 37.0 Å². The fourth-order valence-corrected chi connectivity index (χ4v) is 3.90. The number of benzene rings is 1. The van der Waals surface area contributed by atoms with E-state index >= 15 is 0 Å². The van der Waals surface area contributed by atoms with Gasteiger partial charge in [-0.25, -0.2) is 0 Å². The van der Waals surface area contributed by atoms with Crippen LogP contribution in [0.5, 0.6) is 0 Å². The minimum atomic E-state index is 0.684. The monoisotopic (exact) mass is 249 g/mol. The SMILES string of the molecule is CNC1CCCCCC1Sc1ccc(C)cc1. The van der Waals surface area contributed by atoms with Gasteiger partial charge in [0.25, 0.3) is 0 Å². The van der Waals surface area contributed by atoms with E-state index in [1.54, 1.807) is 0 Å². The van der Waals surface area contributed by atoms with Crippen LogP contribution in [0.15, 0.2) is 29.2 Å². The highest BCUT2D eigenvalue weighted by molar-refractivity contribution is 8.00. The van der Waals surface area contributed by atoms with Gasteiger partial charge in [0, 0.05) is 16.2 Å². The second-order valence-electron chi connectivity index (χ2n) is 5.00. The zero-order valence-corrected chi connectivity index (χ0v) is 11.7. The summed E-state index contributed by atoms with van der Waals surface area (Å²) < 4.78 is 0. The standard InChI is InChI=1S/C15H23NS/c1-12-8-10-13(11-9-12)17-15-7-5-3-4-6-14(15)16-2/h8-11,14-16H,3-7H2,1-2H3. The molecule has 0 heterocycles. The average Bonchev–Trinajstić information content (AvgIpc) is 2.57. The third-order valence-corrected chi connectivity index (χ3v) is 5.04. The Labute approximate surface area is 109 Å². The third kappa shape index (κ3) is 3.75. The Morgan fingerprint density at radius 3 is 2.47 bits per heavy atom. The predicted octanol–water partition coefficient (Wildman–Crippen LogP) is 4.01. The lowest BCUT2D eigenvalue weighted by Crippen LogP contribution is -2.34. The molecule has 1 aliphatic rings. The van der Waals surface area contributed by atoms with Crippen LogP contribution in [0.1, 0.15) is 37.7 Å². The van der Waals surface area contributed by atoms with E-state index in [2.05, 4.69) is 55.3 Å². The predicted molar refractivity (Wildman–Crippen MR) is 76.8 cm³/mol. The lowest BCUT2D eigenvalue weighted by Gasteiger charge is -2.24. The van der Waals surface area contributed by atoms with Crippen LogP contribution in [0.4, 0.5) is 0 Å². The van der Waals surface area contributed by atoms with Crippen LogP contribution in [0.25, 0.3) is 0 Å². The molecule has 2 heteroatoms. The second-order valence-corrected chi connectivity index (χ2v) is 6.32. The van der Waals surface area contributed by atoms with Gasteiger partial charge in [-0.15, -0.1) is 11.8 Å². The van der Waals surface area contributed by atoms with Gasteiger partial charge in [0.15, 0.2) is 0 Å². The minimum Gasteiger partial charge on any atom is -0.316 e. The summed E-state index contributed by atoms with van der Waals surface area (Å²) >= 11 is 2.06. The largest absolute Gasteiger partial charge is 0.316 e. The molecule has 17 heavy (non-hydrogen) atoms. The molecule has 1 fully saturated rings. The molecule has 1 aliphatic carbocycles. The minimum absolute atomic E-state index is 0.684. The van der Waals surface area contributed by atoms with Gasteiger partial charge in [0.05, 0.1) is 0 Å². The van der Waals surface area contributed by atoms with Crippen LogP contribution in [0.3, 0.4) is 0 Å². The van der Waals surface area contributed by atoms with Crippen molar-refractivity contribution in [2.45, 2.75) is 55.2 Å². The van der Waals surface area contributed by atoms with Crippen molar-refractivity contribution in [2.24, 2.45) is 0 Å². The Morgan fingerprint density at radius 2 is 1.76 bits per heavy atom. The molecule has 0 aromatic heterocycles. The summed E-state index contributed by atoms with van der Waals surface area (Å²) in [6.45, 7) is 2.15. The van der Waals surface area contributed by atoms with E-state index in [4.69, 9.17) is 0 Å². The molecule has 0 saturated heterocycles. The van der Waals surface area contributed by atoms with Crippen LogP contribution >= 0.6 is 11.8 Å². The fourth-order valence-electron chi connectivity index (χ4n) is 2.54. The normalized spacial score (nSPS) is 25.5. The van der Waals surface area contributed by atoms with Gasteiger partial charge in [-0.3, -0.25) is 0 Å². The third-order valence-electron chi connectivity index (χ3n) is 3.63. The van der Waals surface area contributed by atoms with E-state index < -0.39 is 0 Å². The van der Waals surface area contributed by atoms with Gasteiger partial charge in [0.2, 0.25) is 0 Å². The molecular weight excluding hydrogens is 226 g/mol. The van der Waals surface area contributed by atoms with Crippen LogP contribution in [-0.2, 0) is 0 Å². The molecule has 1 nitrogen and oxygen atoms in total. The zero-order valence-electron chi connectivity index (χ0n) is 10.9. The van der Waals surface area contributed by atoms with Crippen molar-refractivity contribution in [3.63, 3.8) is 0 Å². The van der Waals surface area contributed by atoms with Crippen molar-refractivity contribution < 1.29 is 0 Å². The number of rotatable bonds is 3. The Hall–Kier alpha value is -0.470.